The quantitative estimate of drug-likeness (QED) is 0.895. The molecular formula is C16H18ClNO. The van der Waals surface area contributed by atoms with Crippen molar-refractivity contribution in [3.8, 4) is 5.75 Å². The summed E-state index contributed by atoms with van der Waals surface area (Å²) >= 11 is 5.95. The van der Waals surface area contributed by atoms with Gasteiger partial charge in [0, 0.05) is 18.8 Å². The Bertz CT molecular complexity index is 568. The molecule has 0 aromatic heterocycles. The molecule has 0 aliphatic heterocycles. The maximum absolute atomic E-state index is 9.45. The molecule has 0 radical (unpaired) electrons. The molecule has 0 saturated heterocycles. The minimum Gasteiger partial charge on any atom is -0.506 e. The Hall–Kier alpha value is -1.67. The number of anilines is 1. The molecule has 2 aromatic rings. The van der Waals surface area contributed by atoms with E-state index in [-0.39, 0.29) is 5.75 Å². The molecule has 0 spiro atoms. The van der Waals surface area contributed by atoms with E-state index in [9.17, 15) is 5.11 Å². The molecule has 19 heavy (non-hydrogen) atoms. The minimum atomic E-state index is 0.129. The number of aromatic hydroxyl groups is 1. The van der Waals surface area contributed by atoms with E-state index in [1.807, 2.05) is 18.2 Å². The summed E-state index contributed by atoms with van der Waals surface area (Å²) in [6.45, 7) is 5.95. The van der Waals surface area contributed by atoms with Gasteiger partial charge in [0.25, 0.3) is 0 Å². The first kappa shape index (κ1) is 13.8. The monoisotopic (exact) mass is 275 g/mol. The van der Waals surface area contributed by atoms with Crippen LogP contribution in [0, 0.1) is 6.92 Å². The van der Waals surface area contributed by atoms with Gasteiger partial charge in [0.15, 0.2) is 0 Å². The second-order valence-electron chi connectivity index (χ2n) is 4.59. The van der Waals surface area contributed by atoms with Gasteiger partial charge in [-0.3, -0.25) is 0 Å². The smallest absolute Gasteiger partial charge is 0.134 e. The van der Waals surface area contributed by atoms with E-state index in [2.05, 4.69) is 36.9 Å². The van der Waals surface area contributed by atoms with Gasteiger partial charge in [-0.25, -0.2) is 0 Å². The fourth-order valence-corrected chi connectivity index (χ4v) is 2.36. The SMILES string of the molecule is CCN(Cc1ccc(O)c(Cl)c1)c1ccccc1C. The zero-order chi connectivity index (χ0) is 13.8. The second-order valence-corrected chi connectivity index (χ2v) is 4.99. The Morgan fingerprint density at radius 3 is 2.53 bits per heavy atom. The number of para-hydroxylation sites is 1. The Morgan fingerprint density at radius 1 is 1.16 bits per heavy atom. The van der Waals surface area contributed by atoms with E-state index >= 15 is 0 Å². The highest BCUT2D eigenvalue weighted by Crippen LogP contribution is 2.26. The van der Waals surface area contributed by atoms with Gasteiger partial charge in [-0.1, -0.05) is 35.9 Å². The lowest BCUT2D eigenvalue weighted by Crippen LogP contribution is -2.22. The van der Waals surface area contributed by atoms with Gasteiger partial charge < -0.3 is 10.0 Å². The van der Waals surface area contributed by atoms with Crippen LogP contribution in [0.4, 0.5) is 5.69 Å². The van der Waals surface area contributed by atoms with E-state index in [1.165, 1.54) is 11.3 Å². The average Bonchev–Trinajstić information content (AvgIpc) is 2.41. The van der Waals surface area contributed by atoms with E-state index in [4.69, 9.17) is 11.6 Å². The summed E-state index contributed by atoms with van der Waals surface area (Å²) in [5, 5.41) is 9.85. The van der Waals surface area contributed by atoms with Gasteiger partial charge in [0.05, 0.1) is 5.02 Å². The normalized spacial score (nSPS) is 10.5. The number of phenolic OH excluding ortho intramolecular Hbond substituents is 1. The van der Waals surface area contributed by atoms with Crippen molar-refractivity contribution in [2.45, 2.75) is 20.4 Å². The van der Waals surface area contributed by atoms with Crippen molar-refractivity contribution in [3.63, 3.8) is 0 Å². The first-order chi connectivity index (χ1) is 9.11. The van der Waals surface area contributed by atoms with Gasteiger partial charge in [-0.05, 0) is 43.2 Å². The molecule has 0 amide bonds. The summed E-state index contributed by atoms with van der Waals surface area (Å²) in [6, 6.07) is 13.7. The molecule has 1 N–H and O–H groups in total. The highest BCUT2D eigenvalue weighted by molar-refractivity contribution is 6.32. The third-order valence-electron chi connectivity index (χ3n) is 3.22. The van der Waals surface area contributed by atoms with Crippen molar-refractivity contribution >= 4 is 17.3 Å². The highest BCUT2D eigenvalue weighted by Gasteiger charge is 2.08. The third kappa shape index (κ3) is 3.21. The number of benzene rings is 2. The number of halogens is 1. The lowest BCUT2D eigenvalue weighted by Gasteiger charge is -2.25. The summed E-state index contributed by atoms with van der Waals surface area (Å²) in [5.41, 5.74) is 3.58. The Kier molecular flexibility index (Phi) is 4.33. The molecule has 0 atom stereocenters. The highest BCUT2D eigenvalue weighted by atomic mass is 35.5. The topological polar surface area (TPSA) is 23.5 Å². The lowest BCUT2D eigenvalue weighted by atomic mass is 10.1. The molecule has 0 bridgehead atoms. The largest absolute Gasteiger partial charge is 0.506 e. The summed E-state index contributed by atoms with van der Waals surface area (Å²) in [6.07, 6.45) is 0. The first-order valence-corrected chi connectivity index (χ1v) is 6.77. The molecular weight excluding hydrogens is 258 g/mol. The predicted molar refractivity (Wildman–Crippen MR) is 81.0 cm³/mol. The Labute approximate surface area is 119 Å². The minimum absolute atomic E-state index is 0.129. The van der Waals surface area contributed by atoms with E-state index in [0.29, 0.717) is 5.02 Å². The molecule has 0 saturated carbocycles. The van der Waals surface area contributed by atoms with Gasteiger partial charge in [0.1, 0.15) is 5.75 Å². The molecule has 2 rings (SSSR count). The number of nitrogens with zero attached hydrogens (tertiary/aromatic N) is 1. The van der Waals surface area contributed by atoms with Crippen molar-refractivity contribution in [2.24, 2.45) is 0 Å². The van der Waals surface area contributed by atoms with Gasteiger partial charge in [-0.2, -0.15) is 0 Å². The van der Waals surface area contributed by atoms with Crippen LogP contribution in [0.5, 0.6) is 5.75 Å². The summed E-state index contributed by atoms with van der Waals surface area (Å²) in [5.74, 6) is 0.129. The molecule has 0 heterocycles. The first-order valence-electron chi connectivity index (χ1n) is 6.39. The average molecular weight is 276 g/mol. The van der Waals surface area contributed by atoms with Gasteiger partial charge >= 0.3 is 0 Å². The van der Waals surface area contributed by atoms with Crippen molar-refractivity contribution in [2.75, 3.05) is 11.4 Å². The van der Waals surface area contributed by atoms with Crippen molar-refractivity contribution in [1.82, 2.24) is 0 Å². The molecule has 0 aliphatic rings. The molecule has 2 nitrogen and oxygen atoms in total. The molecule has 2 aromatic carbocycles. The number of hydrogen-bond donors (Lipinski definition) is 1. The lowest BCUT2D eigenvalue weighted by molar-refractivity contribution is 0.475. The Balaban J connectivity index is 2.24. The summed E-state index contributed by atoms with van der Waals surface area (Å²) in [4.78, 5) is 2.29. The summed E-state index contributed by atoms with van der Waals surface area (Å²) in [7, 11) is 0. The molecule has 3 heteroatoms. The van der Waals surface area contributed by atoms with Gasteiger partial charge in [0.2, 0.25) is 0 Å². The van der Waals surface area contributed by atoms with Crippen molar-refractivity contribution in [3.05, 3.63) is 58.6 Å². The fraction of sp³-hybridized carbons (Fsp3) is 0.250. The number of rotatable bonds is 4. The van der Waals surface area contributed by atoms with Crippen LogP contribution in [0.1, 0.15) is 18.1 Å². The van der Waals surface area contributed by atoms with Crippen LogP contribution in [-0.4, -0.2) is 11.7 Å². The van der Waals surface area contributed by atoms with E-state index < -0.39 is 0 Å². The molecule has 100 valence electrons. The second kappa shape index (κ2) is 5.98. The fourth-order valence-electron chi connectivity index (χ4n) is 2.15. The van der Waals surface area contributed by atoms with Crippen LogP contribution in [0.2, 0.25) is 5.02 Å². The van der Waals surface area contributed by atoms with E-state index in [1.54, 1.807) is 6.07 Å². The van der Waals surface area contributed by atoms with Crippen molar-refractivity contribution in [1.29, 1.82) is 0 Å². The van der Waals surface area contributed by atoms with Gasteiger partial charge in [-0.15, -0.1) is 0 Å². The molecule has 0 unspecified atom stereocenters. The number of hydrogen-bond acceptors (Lipinski definition) is 2. The van der Waals surface area contributed by atoms with Crippen LogP contribution < -0.4 is 4.90 Å². The van der Waals surface area contributed by atoms with Crippen molar-refractivity contribution < 1.29 is 5.11 Å². The van der Waals surface area contributed by atoms with Crippen LogP contribution >= 0.6 is 11.6 Å². The maximum Gasteiger partial charge on any atom is 0.134 e. The standard InChI is InChI=1S/C16H18ClNO/c1-3-18(15-7-5-4-6-12(15)2)11-13-8-9-16(19)14(17)10-13/h4-10,19H,3,11H2,1-2H3. The molecule has 0 fully saturated rings. The summed E-state index contributed by atoms with van der Waals surface area (Å²) < 4.78 is 0. The maximum atomic E-state index is 9.45. The molecule has 0 aliphatic carbocycles. The number of phenols is 1. The van der Waals surface area contributed by atoms with Crippen LogP contribution in [0.25, 0.3) is 0 Å². The zero-order valence-corrected chi connectivity index (χ0v) is 12.0. The van der Waals surface area contributed by atoms with E-state index in [0.717, 1.165) is 18.7 Å². The third-order valence-corrected chi connectivity index (χ3v) is 3.53. The van der Waals surface area contributed by atoms with Crippen LogP contribution in [0.3, 0.4) is 0 Å². The predicted octanol–water partition coefficient (Wildman–Crippen LogP) is 4.38. The zero-order valence-electron chi connectivity index (χ0n) is 11.2. The van der Waals surface area contributed by atoms with Crippen LogP contribution in [0.15, 0.2) is 42.5 Å². The number of aryl methyl sites for hydroxylation is 1. The Morgan fingerprint density at radius 2 is 1.89 bits per heavy atom. The van der Waals surface area contributed by atoms with Crippen LogP contribution in [-0.2, 0) is 6.54 Å².